The van der Waals surface area contributed by atoms with Gasteiger partial charge >= 0.3 is 0 Å². The molecule has 3 aromatic rings. The van der Waals surface area contributed by atoms with Gasteiger partial charge in [0, 0.05) is 36.7 Å². The van der Waals surface area contributed by atoms with Crippen molar-refractivity contribution in [2.45, 2.75) is 6.54 Å². The van der Waals surface area contributed by atoms with Gasteiger partial charge in [-0.05, 0) is 18.2 Å². The number of hydrogen-bond donors (Lipinski definition) is 0. The molecule has 1 fully saturated rings. The van der Waals surface area contributed by atoms with Crippen LogP contribution in [0.15, 0.2) is 54.6 Å². The molecule has 148 valence electrons. The lowest BCUT2D eigenvalue weighted by atomic mass is 10.1. The number of carbonyl (C=O) groups is 1. The summed E-state index contributed by atoms with van der Waals surface area (Å²) in [5.74, 6) is 0.0206. The van der Waals surface area contributed by atoms with E-state index in [1.165, 1.54) is 0 Å². The Kier molecular flexibility index (Phi) is 5.61. The van der Waals surface area contributed by atoms with E-state index >= 15 is 0 Å². The molecule has 2 heterocycles. The van der Waals surface area contributed by atoms with Gasteiger partial charge in [0.05, 0.1) is 37.6 Å². The van der Waals surface area contributed by atoms with Crippen LogP contribution in [0.2, 0.25) is 0 Å². The molecule has 0 saturated carbocycles. The third-order valence-electron chi connectivity index (χ3n) is 5.48. The molecule has 1 amide bonds. The third kappa shape index (κ3) is 3.88. The molecule has 1 saturated heterocycles. The van der Waals surface area contributed by atoms with Crippen LogP contribution in [0.4, 0.5) is 5.69 Å². The van der Waals surface area contributed by atoms with E-state index in [0.29, 0.717) is 31.9 Å². The fraction of sp³-hybridized carbons (Fsp3) is 0.304. The Morgan fingerprint density at radius 3 is 2.52 bits per heavy atom. The summed E-state index contributed by atoms with van der Waals surface area (Å²) in [6.45, 7) is 3.50. The number of aromatic nitrogens is 1. The maximum atomic E-state index is 13.3. The number of benzene rings is 2. The summed E-state index contributed by atoms with van der Waals surface area (Å²) in [5.41, 5.74) is 3.30. The van der Waals surface area contributed by atoms with Gasteiger partial charge in [0.2, 0.25) is 5.91 Å². The lowest BCUT2D eigenvalue weighted by molar-refractivity contribution is -0.120. The molecule has 29 heavy (non-hydrogen) atoms. The van der Waals surface area contributed by atoms with Crippen molar-refractivity contribution in [2.75, 3.05) is 37.7 Å². The molecule has 6 nitrogen and oxygen atoms in total. The molecular weight excluding hydrogens is 364 g/mol. The number of amides is 1. The molecule has 4 rings (SSSR count). The maximum absolute atomic E-state index is 13.3. The third-order valence-corrected chi connectivity index (χ3v) is 5.48. The largest absolute Gasteiger partial charge is 0.379 e. The number of ether oxygens (including phenoxy) is 1. The lowest BCUT2D eigenvalue weighted by Gasteiger charge is -2.30. The predicted octanol–water partition coefficient (Wildman–Crippen LogP) is 2.92. The minimum absolute atomic E-state index is 0.0206. The zero-order valence-corrected chi connectivity index (χ0v) is 16.5. The highest BCUT2D eigenvalue weighted by molar-refractivity contribution is 5.95. The van der Waals surface area contributed by atoms with Crippen molar-refractivity contribution in [2.24, 2.45) is 7.05 Å². The molecule has 0 atom stereocenters. The Hall–Kier alpha value is -3.14. The molecule has 0 aliphatic carbocycles. The van der Waals surface area contributed by atoms with Crippen LogP contribution in [-0.4, -0.2) is 48.2 Å². The zero-order valence-electron chi connectivity index (χ0n) is 16.5. The molecule has 2 aromatic carbocycles. The zero-order chi connectivity index (χ0) is 20.2. The van der Waals surface area contributed by atoms with Gasteiger partial charge in [-0.25, -0.2) is 0 Å². The Labute approximate surface area is 170 Å². The van der Waals surface area contributed by atoms with Crippen molar-refractivity contribution in [3.63, 3.8) is 0 Å². The number of rotatable bonds is 5. The van der Waals surface area contributed by atoms with Gasteiger partial charge in [-0.3, -0.25) is 9.69 Å². The van der Waals surface area contributed by atoms with Gasteiger partial charge in [-0.2, -0.15) is 5.26 Å². The summed E-state index contributed by atoms with van der Waals surface area (Å²) in [6, 6.07) is 19.9. The highest BCUT2D eigenvalue weighted by Gasteiger charge is 2.24. The number of nitriles is 1. The predicted molar refractivity (Wildman–Crippen MR) is 113 cm³/mol. The molecule has 1 aliphatic heterocycles. The average Bonchev–Trinajstić information content (AvgIpc) is 3.04. The molecule has 1 aromatic heterocycles. The van der Waals surface area contributed by atoms with E-state index in [1.54, 1.807) is 4.90 Å². The highest BCUT2D eigenvalue weighted by atomic mass is 16.5. The van der Waals surface area contributed by atoms with Crippen molar-refractivity contribution >= 4 is 22.5 Å². The van der Waals surface area contributed by atoms with Crippen molar-refractivity contribution < 1.29 is 9.53 Å². The normalized spacial score (nSPS) is 14.6. The second-order valence-corrected chi connectivity index (χ2v) is 7.21. The molecule has 1 aliphatic rings. The number of hydrogen-bond acceptors (Lipinski definition) is 4. The van der Waals surface area contributed by atoms with E-state index in [-0.39, 0.29) is 5.91 Å². The van der Waals surface area contributed by atoms with E-state index < -0.39 is 0 Å². The first-order valence-corrected chi connectivity index (χ1v) is 9.81. The van der Waals surface area contributed by atoms with Gasteiger partial charge in [-0.1, -0.05) is 36.4 Å². The molecule has 6 heteroatoms. The highest BCUT2D eigenvalue weighted by Crippen LogP contribution is 2.27. The van der Waals surface area contributed by atoms with Crippen molar-refractivity contribution in [1.82, 2.24) is 9.47 Å². The smallest absolute Gasteiger partial charge is 0.241 e. The molecule has 0 radical (unpaired) electrons. The summed E-state index contributed by atoms with van der Waals surface area (Å²) >= 11 is 0. The number of para-hydroxylation sites is 2. The Morgan fingerprint density at radius 2 is 1.79 bits per heavy atom. The first-order valence-electron chi connectivity index (χ1n) is 9.81. The summed E-state index contributed by atoms with van der Waals surface area (Å²) in [7, 11) is 1.95. The van der Waals surface area contributed by atoms with E-state index in [9.17, 15) is 10.1 Å². The van der Waals surface area contributed by atoms with Gasteiger partial charge in [-0.15, -0.1) is 0 Å². The topological polar surface area (TPSA) is 61.5 Å². The second-order valence-electron chi connectivity index (χ2n) is 7.21. The van der Waals surface area contributed by atoms with Crippen LogP contribution in [0, 0.1) is 11.3 Å². The fourth-order valence-corrected chi connectivity index (χ4v) is 3.87. The molecule has 0 bridgehead atoms. The quantitative estimate of drug-likeness (QED) is 0.674. The first kappa shape index (κ1) is 19.2. The number of aryl methyl sites for hydroxylation is 1. The summed E-state index contributed by atoms with van der Waals surface area (Å²) in [4.78, 5) is 17.2. The summed E-state index contributed by atoms with van der Waals surface area (Å²) in [6.07, 6.45) is 0. The molecule has 0 spiro atoms. The number of anilines is 1. The van der Waals surface area contributed by atoms with E-state index in [1.807, 2.05) is 66.2 Å². The van der Waals surface area contributed by atoms with E-state index in [2.05, 4.69) is 11.0 Å². The molecule has 0 unspecified atom stereocenters. The monoisotopic (exact) mass is 388 g/mol. The molecule has 0 N–H and O–H groups in total. The maximum Gasteiger partial charge on any atom is 0.241 e. The standard InChI is InChI=1S/C23H24N4O2/c1-25-21-10-6-5-9-19(21)20(15-24)22(25)16-27(18-7-3-2-4-8-18)23(28)17-26-11-13-29-14-12-26/h2-10H,11-14,16-17H2,1H3. The summed E-state index contributed by atoms with van der Waals surface area (Å²) in [5, 5.41) is 10.7. The Bertz CT molecular complexity index is 1050. The van der Waals surface area contributed by atoms with E-state index in [4.69, 9.17) is 4.74 Å². The van der Waals surface area contributed by atoms with Crippen LogP contribution >= 0.6 is 0 Å². The van der Waals surface area contributed by atoms with Gasteiger partial charge < -0.3 is 14.2 Å². The lowest BCUT2D eigenvalue weighted by Crippen LogP contribution is -2.45. The van der Waals surface area contributed by atoms with Crippen LogP contribution in [-0.2, 0) is 23.1 Å². The van der Waals surface area contributed by atoms with Crippen LogP contribution in [0.3, 0.4) is 0 Å². The minimum Gasteiger partial charge on any atom is -0.379 e. The van der Waals surface area contributed by atoms with Crippen LogP contribution in [0.25, 0.3) is 10.9 Å². The second kappa shape index (κ2) is 8.48. The van der Waals surface area contributed by atoms with Gasteiger partial charge in [0.1, 0.15) is 6.07 Å². The first-order chi connectivity index (χ1) is 14.2. The number of nitrogens with zero attached hydrogens (tertiary/aromatic N) is 4. The van der Waals surface area contributed by atoms with Crippen molar-refractivity contribution in [3.8, 4) is 6.07 Å². The number of fused-ring (bicyclic) bond motifs is 1. The molecular formula is C23H24N4O2. The SMILES string of the molecule is Cn1c(CN(C(=O)CN2CCOCC2)c2ccccc2)c(C#N)c2ccccc21. The summed E-state index contributed by atoms with van der Waals surface area (Å²) < 4.78 is 7.42. The fourth-order valence-electron chi connectivity index (χ4n) is 3.87. The van der Waals surface area contributed by atoms with Crippen LogP contribution in [0.5, 0.6) is 0 Å². The Morgan fingerprint density at radius 1 is 1.10 bits per heavy atom. The van der Waals surface area contributed by atoms with E-state index in [0.717, 1.165) is 35.4 Å². The Balaban J connectivity index is 1.69. The van der Waals surface area contributed by atoms with Crippen LogP contribution < -0.4 is 4.90 Å². The van der Waals surface area contributed by atoms with Gasteiger partial charge in [0.25, 0.3) is 0 Å². The average molecular weight is 388 g/mol. The van der Waals surface area contributed by atoms with Gasteiger partial charge in [0.15, 0.2) is 0 Å². The van der Waals surface area contributed by atoms with Crippen molar-refractivity contribution in [3.05, 3.63) is 65.9 Å². The van der Waals surface area contributed by atoms with Crippen molar-refractivity contribution in [1.29, 1.82) is 5.26 Å². The number of carbonyl (C=O) groups excluding carboxylic acids is 1. The number of morpholine rings is 1. The minimum atomic E-state index is 0.0206. The van der Waals surface area contributed by atoms with Crippen LogP contribution in [0.1, 0.15) is 11.3 Å².